The normalized spacial score (nSPS) is 12.1. The van der Waals surface area contributed by atoms with Crippen LogP contribution in [-0.2, 0) is 6.54 Å². The van der Waals surface area contributed by atoms with E-state index < -0.39 is 0 Å². The highest BCUT2D eigenvalue weighted by Gasteiger charge is 2.21. The minimum absolute atomic E-state index is 0.0942. The van der Waals surface area contributed by atoms with Gasteiger partial charge in [-0.15, -0.1) is 10.2 Å². The van der Waals surface area contributed by atoms with Crippen molar-refractivity contribution < 1.29 is 4.79 Å². The van der Waals surface area contributed by atoms with Gasteiger partial charge in [0.05, 0.1) is 5.25 Å². The molecule has 24 heavy (non-hydrogen) atoms. The predicted molar refractivity (Wildman–Crippen MR) is 95.0 cm³/mol. The van der Waals surface area contributed by atoms with Gasteiger partial charge in [0.2, 0.25) is 0 Å². The molecule has 122 valence electrons. The molecule has 0 bridgehead atoms. The number of hydrogen-bond donors (Lipinski definition) is 0. The molecule has 1 unspecified atom stereocenters. The maximum Gasteiger partial charge on any atom is 0.192 e. The number of carbonyl (C=O) groups excluding carboxylic acids is 1. The van der Waals surface area contributed by atoms with Gasteiger partial charge in [0, 0.05) is 30.1 Å². The number of carbonyl (C=O) groups is 1. The summed E-state index contributed by atoms with van der Waals surface area (Å²) in [4.78, 5) is 16.6. The van der Waals surface area contributed by atoms with Gasteiger partial charge in [-0.1, -0.05) is 42.1 Å². The summed E-state index contributed by atoms with van der Waals surface area (Å²) >= 11 is 1.44. The smallest absolute Gasteiger partial charge is 0.192 e. The lowest BCUT2D eigenvalue weighted by atomic mass is 10.1. The molecule has 0 amide bonds. The second kappa shape index (κ2) is 7.40. The van der Waals surface area contributed by atoms with Crippen molar-refractivity contribution in [2.75, 3.05) is 0 Å². The first-order chi connectivity index (χ1) is 11.7. The molecule has 1 aromatic carbocycles. The molecule has 3 aromatic rings. The number of ketones is 1. The predicted octanol–water partition coefficient (Wildman–Crippen LogP) is 3.72. The quantitative estimate of drug-likeness (QED) is 0.506. The molecule has 0 fully saturated rings. The topological polar surface area (TPSA) is 60.7 Å². The summed E-state index contributed by atoms with van der Waals surface area (Å²) in [6.45, 7) is 4.68. The molecule has 5 nitrogen and oxygen atoms in total. The van der Waals surface area contributed by atoms with Gasteiger partial charge >= 0.3 is 0 Å². The van der Waals surface area contributed by atoms with Gasteiger partial charge in [-0.25, -0.2) is 0 Å². The van der Waals surface area contributed by atoms with E-state index in [1.54, 1.807) is 12.4 Å². The van der Waals surface area contributed by atoms with Crippen molar-refractivity contribution in [3.8, 4) is 11.4 Å². The Morgan fingerprint density at radius 3 is 2.50 bits per heavy atom. The van der Waals surface area contributed by atoms with Crippen molar-refractivity contribution in [3.05, 3.63) is 60.4 Å². The zero-order chi connectivity index (χ0) is 16.9. The van der Waals surface area contributed by atoms with Gasteiger partial charge in [-0.05, 0) is 26.0 Å². The number of thioether (sulfide) groups is 1. The first-order valence-corrected chi connectivity index (χ1v) is 8.68. The third-order valence-corrected chi connectivity index (χ3v) is 4.76. The highest BCUT2D eigenvalue weighted by molar-refractivity contribution is 8.00. The van der Waals surface area contributed by atoms with Crippen molar-refractivity contribution >= 4 is 17.5 Å². The van der Waals surface area contributed by atoms with Crippen LogP contribution < -0.4 is 0 Å². The molecule has 2 aromatic heterocycles. The molecule has 0 aliphatic carbocycles. The fourth-order valence-corrected chi connectivity index (χ4v) is 3.41. The minimum atomic E-state index is -0.229. The van der Waals surface area contributed by atoms with Crippen LogP contribution in [0.2, 0.25) is 0 Å². The van der Waals surface area contributed by atoms with Gasteiger partial charge in [-0.3, -0.25) is 9.78 Å². The Balaban J connectivity index is 1.83. The fourth-order valence-electron chi connectivity index (χ4n) is 2.42. The highest BCUT2D eigenvalue weighted by atomic mass is 32.2. The summed E-state index contributed by atoms with van der Waals surface area (Å²) in [5.41, 5.74) is 1.68. The lowest BCUT2D eigenvalue weighted by Crippen LogP contribution is -2.14. The Morgan fingerprint density at radius 2 is 1.83 bits per heavy atom. The van der Waals surface area contributed by atoms with Gasteiger partial charge in [-0.2, -0.15) is 0 Å². The van der Waals surface area contributed by atoms with E-state index in [1.165, 1.54) is 11.8 Å². The number of pyridine rings is 1. The van der Waals surface area contributed by atoms with Crippen LogP contribution in [0.25, 0.3) is 11.4 Å². The second-order valence-electron chi connectivity index (χ2n) is 5.28. The van der Waals surface area contributed by atoms with E-state index in [9.17, 15) is 4.79 Å². The average molecular weight is 338 g/mol. The van der Waals surface area contributed by atoms with Gasteiger partial charge in [0.1, 0.15) is 0 Å². The number of Topliss-reactive ketones (excluding diaryl/α,β-unsaturated/α-hetero) is 1. The zero-order valence-electron chi connectivity index (χ0n) is 13.6. The van der Waals surface area contributed by atoms with Crippen molar-refractivity contribution in [2.24, 2.45) is 0 Å². The first kappa shape index (κ1) is 16.4. The van der Waals surface area contributed by atoms with Crippen LogP contribution in [0, 0.1) is 0 Å². The molecule has 0 N–H and O–H groups in total. The zero-order valence-corrected chi connectivity index (χ0v) is 14.4. The van der Waals surface area contributed by atoms with Crippen LogP contribution in [0.4, 0.5) is 0 Å². The van der Waals surface area contributed by atoms with E-state index in [2.05, 4.69) is 15.2 Å². The molecule has 0 spiro atoms. The van der Waals surface area contributed by atoms with E-state index in [0.717, 1.165) is 28.7 Å². The Labute approximate surface area is 145 Å². The minimum Gasteiger partial charge on any atom is -0.302 e. The van der Waals surface area contributed by atoms with Crippen LogP contribution in [0.1, 0.15) is 24.2 Å². The summed E-state index contributed by atoms with van der Waals surface area (Å²) < 4.78 is 2.02. The summed E-state index contributed by atoms with van der Waals surface area (Å²) in [6, 6.07) is 13.1. The molecule has 0 saturated carbocycles. The van der Waals surface area contributed by atoms with E-state index in [-0.39, 0.29) is 11.0 Å². The van der Waals surface area contributed by atoms with Crippen LogP contribution in [-0.4, -0.2) is 30.8 Å². The van der Waals surface area contributed by atoms with E-state index in [4.69, 9.17) is 0 Å². The Bertz CT molecular complexity index is 818. The lowest BCUT2D eigenvalue weighted by Gasteiger charge is -2.11. The average Bonchev–Trinajstić information content (AvgIpc) is 3.05. The molecule has 0 aliphatic rings. The third kappa shape index (κ3) is 3.38. The Kier molecular flexibility index (Phi) is 5.05. The van der Waals surface area contributed by atoms with Crippen LogP contribution in [0.15, 0.2) is 60.0 Å². The number of benzene rings is 1. The van der Waals surface area contributed by atoms with Gasteiger partial charge in [0.25, 0.3) is 0 Å². The van der Waals surface area contributed by atoms with Gasteiger partial charge < -0.3 is 4.57 Å². The SMILES string of the molecule is CCn1c(SC(C)C(=O)c2ccccc2)nnc1-c1ccncc1. The molecule has 1 atom stereocenters. The molecule has 0 aliphatic heterocycles. The molecule has 3 rings (SSSR count). The molecule has 6 heteroatoms. The second-order valence-corrected chi connectivity index (χ2v) is 6.58. The molecule has 0 radical (unpaired) electrons. The summed E-state index contributed by atoms with van der Waals surface area (Å²) in [5, 5.41) is 9.10. The van der Waals surface area contributed by atoms with E-state index >= 15 is 0 Å². The summed E-state index contributed by atoms with van der Waals surface area (Å²) in [5.74, 6) is 0.887. The lowest BCUT2D eigenvalue weighted by molar-refractivity contribution is 0.0994. The molecule has 0 saturated heterocycles. The van der Waals surface area contributed by atoms with Crippen LogP contribution in [0.5, 0.6) is 0 Å². The number of aromatic nitrogens is 4. The Morgan fingerprint density at radius 1 is 1.12 bits per heavy atom. The van der Waals surface area contributed by atoms with E-state index in [0.29, 0.717) is 0 Å². The monoisotopic (exact) mass is 338 g/mol. The van der Waals surface area contributed by atoms with Crippen LogP contribution >= 0.6 is 11.8 Å². The molecular weight excluding hydrogens is 320 g/mol. The fraction of sp³-hybridized carbons (Fsp3) is 0.222. The van der Waals surface area contributed by atoms with Crippen molar-refractivity contribution in [1.82, 2.24) is 19.7 Å². The third-order valence-electron chi connectivity index (χ3n) is 3.68. The van der Waals surface area contributed by atoms with Gasteiger partial charge in [0.15, 0.2) is 16.8 Å². The standard InChI is InChI=1S/C18H18N4OS/c1-3-22-17(15-9-11-19-12-10-15)20-21-18(22)24-13(2)16(23)14-7-5-4-6-8-14/h4-13H,3H2,1-2H3. The largest absolute Gasteiger partial charge is 0.302 e. The van der Waals surface area contributed by atoms with Crippen molar-refractivity contribution in [1.29, 1.82) is 0 Å². The maximum atomic E-state index is 12.5. The number of hydrogen-bond acceptors (Lipinski definition) is 5. The summed E-state index contributed by atoms with van der Waals surface area (Å²) in [6.07, 6.45) is 3.47. The van der Waals surface area contributed by atoms with E-state index in [1.807, 2.05) is 60.9 Å². The molecule has 2 heterocycles. The maximum absolute atomic E-state index is 12.5. The van der Waals surface area contributed by atoms with Crippen molar-refractivity contribution in [2.45, 2.75) is 30.8 Å². The van der Waals surface area contributed by atoms with Crippen LogP contribution in [0.3, 0.4) is 0 Å². The highest BCUT2D eigenvalue weighted by Crippen LogP contribution is 2.28. The number of nitrogens with zero attached hydrogens (tertiary/aromatic N) is 4. The Hall–Kier alpha value is -2.47. The van der Waals surface area contributed by atoms with Crippen molar-refractivity contribution in [3.63, 3.8) is 0 Å². The molecular formula is C18H18N4OS. The summed E-state index contributed by atoms with van der Waals surface area (Å²) in [7, 11) is 0. The number of rotatable bonds is 6. The first-order valence-electron chi connectivity index (χ1n) is 7.80.